The van der Waals surface area contributed by atoms with Crippen molar-refractivity contribution in [3.63, 3.8) is 0 Å². The molecule has 0 aromatic heterocycles. The van der Waals surface area contributed by atoms with E-state index in [-0.39, 0.29) is 10.5 Å². The fourth-order valence-corrected chi connectivity index (χ4v) is 4.01. The van der Waals surface area contributed by atoms with Gasteiger partial charge in [-0.05, 0) is 18.2 Å². The predicted octanol–water partition coefficient (Wildman–Crippen LogP) is 1.55. The van der Waals surface area contributed by atoms with Crippen molar-refractivity contribution < 1.29 is 18.1 Å². The summed E-state index contributed by atoms with van der Waals surface area (Å²) in [4.78, 5) is 27.1. The van der Waals surface area contributed by atoms with Crippen LogP contribution in [0.3, 0.4) is 0 Å². The topological polar surface area (TPSA) is 113 Å². The average Bonchev–Trinajstić information content (AvgIpc) is 2.74. The largest absolute Gasteiger partial charge is 0.369 e. The summed E-state index contributed by atoms with van der Waals surface area (Å²) in [6, 6.07) is 13.4. The van der Waals surface area contributed by atoms with E-state index in [2.05, 4.69) is 27.2 Å². The number of non-ortho nitro benzene ring substituents is 1. The molecule has 0 atom stereocenters. The number of rotatable bonds is 7. The molecule has 1 aliphatic heterocycles. The first-order valence-corrected chi connectivity index (χ1v) is 11.4. The molecule has 3 rings (SSSR count). The molecule has 0 spiro atoms. The molecule has 0 unspecified atom stereocenters. The van der Waals surface area contributed by atoms with Gasteiger partial charge in [-0.2, -0.15) is 0 Å². The van der Waals surface area contributed by atoms with Gasteiger partial charge in [-0.25, -0.2) is 8.42 Å². The molecule has 1 aliphatic rings. The third-order valence-electron chi connectivity index (χ3n) is 5.00. The Bertz CT molecular complexity index is 1020. The fourth-order valence-electron chi connectivity index (χ4n) is 3.33. The lowest BCUT2D eigenvalue weighted by molar-refractivity contribution is -0.385. The highest BCUT2D eigenvalue weighted by Gasteiger charge is 2.20. The maximum Gasteiger partial charge on any atom is 0.271 e. The lowest BCUT2D eigenvalue weighted by Crippen LogP contribution is -2.48. The number of para-hydroxylation sites is 1. The summed E-state index contributed by atoms with van der Waals surface area (Å²) in [5.41, 5.74) is 0.719. The first-order chi connectivity index (χ1) is 14.2. The molecule has 10 heteroatoms. The SMILES string of the molecule is CS(=O)(=O)c1cc(C(=O)NCCN2CCN(c3ccccc3)CC2)cc([N+](=O)[O-])c1. The number of hydrogen-bond donors (Lipinski definition) is 1. The van der Waals surface area contributed by atoms with Gasteiger partial charge in [-0.1, -0.05) is 18.2 Å². The van der Waals surface area contributed by atoms with E-state index >= 15 is 0 Å². The Morgan fingerprint density at radius 3 is 2.37 bits per heavy atom. The summed E-state index contributed by atoms with van der Waals surface area (Å²) in [6.45, 7) is 4.50. The van der Waals surface area contributed by atoms with E-state index in [9.17, 15) is 23.3 Å². The number of carbonyl (C=O) groups is 1. The van der Waals surface area contributed by atoms with Crippen LogP contribution in [-0.2, 0) is 9.84 Å². The lowest BCUT2D eigenvalue weighted by Gasteiger charge is -2.36. The molecular formula is C20H24N4O5S. The number of amides is 1. The summed E-state index contributed by atoms with van der Waals surface area (Å²) in [5, 5.41) is 13.8. The van der Waals surface area contributed by atoms with Gasteiger partial charge in [0.05, 0.1) is 9.82 Å². The molecule has 2 aromatic rings. The van der Waals surface area contributed by atoms with Crippen LogP contribution in [0.15, 0.2) is 53.4 Å². The van der Waals surface area contributed by atoms with Crippen LogP contribution in [0.5, 0.6) is 0 Å². The van der Waals surface area contributed by atoms with E-state index < -0.39 is 26.4 Å². The Labute approximate surface area is 175 Å². The molecule has 160 valence electrons. The van der Waals surface area contributed by atoms with Crippen molar-refractivity contribution in [2.75, 3.05) is 50.4 Å². The highest BCUT2D eigenvalue weighted by atomic mass is 32.2. The Kier molecular flexibility index (Phi) is 6.68. The van der Waals surface area contributed by atoms with Gasteiger partial charge in [0.1, 0.15) is 0 Å². The number of nitro benzene ring substituents is 1. The van der Waals surface area contributed by atoms with Crippen molar-refractivity contribution in [1.82, 2.24) is 10.2 Å². The van der Waals surface area contributed by atoms with Gasteiger partial charge in [0.25, 0.3) is 11.6 Å². The number of nitro groups is 1. The Balaban J connectivity index is 1.54. The maximum atomic E-state index is 12.4. The van der Waals surface area contributed by atoms with Gasteiger partial charge < -0.3 is 10.2 Å². The smallest absolute Gasteiger partial charge is 0.271 e. The molecule has 2 aromatic carbocycles. The fraction of sp³-hybridized carbons (Fsp3) is 0.350. The van der Waals surface area contributed by atoms with Crippen molar-refractivity contribution in [2.24, 2.45) is 0 Å². The summed E-state index contributed by atoms with van der Waals surface area (Å²) in [5.74, 6) is -0.536. The van der Waals surface area contributed by atoms with Crippen LogP contribution in [0.25, 0.3) is 0 Å². The van der Waals surface area contributed by atoms with Crippen molar-refractivity contribution in [3.8, 4) is 0 Å². The van der Waals surface area contributed by atoms with E-state index in [0.717, 1.165) is 50.6 Å². The zero-order valence-corrected chi connectivity index (χ0v) is 17.5. The number of piperazine rings is 1. The van der Waals surface area contributed by atoms with Crippen LogP contribution in [0.4, 0.5) is 11.4 Å². The maximum absolute atomic E-state index is 12.4. The molecule has 1 fully saturated rings. The van der Waals surface area contributed by atoms with Gasteiger partial charge in [0.2, 0.25) is 0 Å². The number of anilines is 1. The molecule has 9 nitrogen and oxygen atoms in total. The molecule has 0 saturated carbocycles. The monoisotopic (exact) mass is 432 g/mol. The van der Waals surface area contributed by atoms with Crippen LogP contribution in [-0.4, -0.2) is 69.7 Å². The quantitative estimate of drug-likeness (QED) is 0.522. The van der Waals surface area contributed by atoms with Crippen molar-refractivity contribution in [1.29, 1.82) is 0 Å². The van der Waals surface area contributed by atoms with E-state index in [0.29, 0.717) is 13.1 Å². The second-order valence-electron chi connectivity index (χ2n) is 7.17. The number of nitrogens with zero attached hydrogens (tertiary/aromatic N) is 3. The summed E-state index contributed by atoms with van der Waals surface area (Å²) >= 11 is 0. The molecular weight excluding hydrogens is 408 g/mol. The first-order valence-electron chi connectivity index (χ1n) is 9.54. The van der Waals surface area contributed by atoms with Gasteiger partial charge >= 0.3 is 0 Å². The van der Waals surface area contributed by atoms with Gasteiger partial charge in [0.15, 0.2) is 9.84 Å². The molecule has 1 saturated heterocycles. The Hall–Kier alpha value is -2.98. The zero-order valence-electron chi connectivity index (χ0n) is 16.7. The van der Waals surface area contributed by atoms with Crippen LogP contribution in [0.1, 0.15) is 10.4 Å². The minimum Gasteiger partial charge on any atom is -0.369 e. The zero-order chi connectivity index (χ0) is 21.7. The minimum absolute atomic E-state index is 0.0430. The molecule has 1 N–H and O–H groups in total. The van der Waals surface area contributed by atoms with E-state index in [4.69, 9.17) is 0 Å². The van der Waals surface area contributed by atoms with Gasteiger partial charge in [-0.15, -0.1) is 0 Å². The highest BCUT2D eigenvalue weighted by molar-refractivity contribution is 7.90. The van der Waals surface area contributed by atoms with Crippen LogP contribution in [0.2, 0.25) is 0 Å². The number of carbonyl (C=O) groups excluding carboxylic acids is 1. The summed E-state index contributed by atoms with van der Waals surface area (Å²) in [6.07, 6.45) is 0.947. The van der Waals surface area contributed by atoms with Crippen molar-refractivity contribution >= 4 is 27.1 Å². The van der Waals surface area contributed by atoms with Crippen LogP contribution < -0.4 is 10.2 Å². The van der Waals surface area contributed by atoms with Crippen molar-refractivity contribution in [2.45, 2.75) is 4.90 Å². The van der Waals surface area contributed by atoms with E-state index in [1.807, 2.05) is 18.2 Å². The number of nitrogens with one attached hydrogen (secondary N) is 1. The first kappa shape index (κ1) is 21.7. The molecule has 0 aliphatic carbocycles. The minimum atomic E-state index is -3.68. The predicted molar refractivity (Wildman–Crippen MR) is 114 cm³/mol. The van der Waals surface area contributed by atoms with E-state index in [1.54, 1.807) is 0 Å². The summed E-state index contributed by atoms with van der Waals surface area (Å²) in [7, 11) is -3.68. The molecule has 0 radical (unpaired) electrons. The van der Waals surface area contributed by atoms with Crippen LogP contribution >= 0.6 is 0 Å². The molecule has 0 bridgehead atoms. The summed E-state index contributed by atoms with van der Waals surface area (Å²) < 4.78 is 23.5. The normalized spacial score (nSPS) is 15.0. The third-order valence-corrected chi connectivity index (χ3v) is 6.09. The Morgan fingerprint density at radius 1 is 1.10 bits per heavy atom. The van der Waals surface area contributed by atoms with Gasteiger partial charge in [0, 0.05) is 68.9 Å². The van der Waals surface area contributed by atoms with Crippen molar-refractivity contribution in [3.05, 3.63) is 64.2 Å². The van der Waals surface area contributed by atoms with Crippen LogP contribution in [0, 0.1) is 10.1 Å². The number of sulfone groups is 1. The van der Waals surface area contributed by atoms with E-state index in [1.165, 1.54) is 5.69 Å². The second kappa shape index (κ2) is 9.23. The lowest BCUT2D eigenvalue weighted by atomic mass is 10.2. The standard InChI is InChI=1S/C20H24N4O5S/c1-30(28,29)19-14-16(13-18(15-19)24(26)27)20(25)21-7-8-22-9-11-23(12-10-22)17-5-3-2-4-6-17/h2-6,13-15H,7-12H2,1H3,(H,21,25). The molecule has 1 heterocycles. The molecule has 30 heavy (non-hydrogen) atoms. The molecule has 1 amide bonds. The third kappa shape index (κ3) is 5.55. The number of hydrogen-bond acceptors (Lipinski definition) is 7. The van der Waals surface area contributed by atoms with Gasteiger partial charge in [-0.3, -0.25) is 19.8 Å². The highest BCUT2D eigenvalue weighted by Crippen LogP contribution is 2.21. The average molecular weight is 433 g/mol. The Morgan fingerprint density at radius 2 is 1.77 bits per heavy atom. The number of benzene rings is 2. The second-order valence-corrected chi connectivity index (χ2v) is 9.18.